The second-order valence-electron chi connectivity index (χ2n) is 6.33. The summed E-state index contributed by atoms with van der Waals surface area (Å²) in [5, 5.41) is 5.13. The molecule has 0 saturated carbocycles. The molecule has 0 amide bonds. The minimum atomic E-state index is 0.0481. The van der Waals surface area contributed by atoms with E-state index in [1.807, 2.05) is 11.3 Å². The van der Waals surface area contributed by atoms with E-state index in [2.05, 4.69) is 53.8 Å². The Kier molecular flexibility index (Phi) is 6.67. The maximum absolute atomic E-state index is 4.97. The zero-order valence-electron chi connectivity index (χ0n) is 14.3. The Morgan fingerprint density at radius 2 is 1.85 bits per heavy atom. The van der Waals surface area contributed by atoms with Crippen LogP contribution in [-0.2, 0) is 12.0 Å². The van der Waals surface area contributed by atoms with Gasteiger partial charge in [0.1, 0.15) is 5.01 Å². The van der Waals surface area contributed by atoms with E-state index in [-0.39, 0.29) is 5.54 Å². The summed E-state index contributed by atoms with van der Waals surface area (Å²) in [7, 11) is 0. The van der Waals surface area contributed by atoms with Gasteiger partial charge in [0.05, 0.1) is 11.2 Å². The van der Waals surface area contributed by atoms with Gasteiger partial charge in [-0.2, -0.15) is 0 Å². The summed E-state index contributed by atoms with van der Waals surface area (Å²) in [5.74, 6) is 0.718. The molecule has 1 heterocycles. The number of thiazole rings is 1. The normalized spacial score (nSPS) is 16.4. The van der Waals surface area contributed by atoms with Crippen molar-refractivity contribution in [2.45, 2.75) is 85.7 Å². The molecule has 0 aliphatic carbocycles. The first-order valence-corrected chi connectivity index (χ1v) is 8.94. The second-order valence-corrected chi connectivity index (χ2v) is 7.53. The number of hydrogen-bond donors (Lipinski definition) is 1. The number of rotatable bonds is 8. The molecule has 0 spiro atoms. The highest BCUT2D eigenvalue weighted by Crippen LogP contribution is 2.37. The van der Waals surface area contributed by atoms with E-state index < -0.39 is 0 Å². The van der Waals surface area contributed by atoms with E-state index >= 15 is 0 Å². The largest absolute Gasteiger partial charge is 0.303 e. The van der Waals surface area contributed by atoms with E-state index in [1.54, 1.807) is 0 Å². The van der Waals surface area contributed by atoms with Gasteiger partial charge in [-0.15, -0.1) is 11.3 Å². The lowest BCUT2D eigenvalue weighted by molar-refractivity contribution is 0.231. The lowest BCUT2D eigenvalue weighted by Crippen LogP contribution is -2.46. The van der Waals surface area contributed by atoms with Gasteiger partial charge < -0.3 is 5.32 Å². The first-order valence-electron chi connectivity index (χ1n) is 8.12. The summed E-state index contributed by atoms with van der Waals surface area (Å²) in [5.41, 5.74) is 1.32. The Labute approximate surface area is 129 Å². The van der Waals surface area contributed by atoms with Crippen molar-refractivity contribution in [2.24, 2.45) is 5.92 Å². The number of aryl methyl sites for hydroxylation is 2. The maximum atomic E-state index is 4.97. The second kappa shape index (κ2) is 7.56. The van der Waals surface area contributed by atoms with E-state index in [1.165, 1.54) is 28.4 Å². The highest BCUT2D eigenvalue weighted by Gasteiger charge is 2.35. The predicted octanol–water partition coefficient (Wildman–Crippen LogP) is 5.05. The van der Waals surface area contributed by atoms with Gasteiger partial charge in [0.25, 0.3) is 0 Å². The van der Waals surface area contributed by atoms with Crippen molar-refractivity contribution in [3.63, 3.8) is 0 Å². The van der Waals surface area contributed by atoms with Crippen molar-refractivity contribution >= 4 is 11.3 Å². The number of hydrogen-bond acceptors (Lipinski definition) is 3. The fourth-order valence-corrected chi connectivity index (χ4v) is 4.09. The average Bonchev–Trinajstić information content (AvgIpc) is 2.78. The lowest BCUT2D eigenvalue weighted by atomic mass is 9.84. The average molecular weight is 297 g/mol. The maximum Gasteiger partial charge on any atom is 0.113 e. The molecule has 0 radical (unpaired) electrons. The fourth-order valence-electron chi connectivity index (χ4n) is 2.86. The van der Waals surface area contributed by atoms with E-state index in [4.69, 9.17) is 4.98 Å². The van der Waals surface area contributed by atoms with Gasteiger partial charge in [0.2, 0.25) is 0 Å². The summed E-state index contributed by atoms with van der Waals surface area (Å²) in [6.45, 7) is 15.8. The SMILES string of the molecule is CCc1nc(C(CC)(CC(C)CC)NC(C)C)sc1C. The molecule has 0 saturated heterocycles. The van der Waals surface area contributed by atoms with Crippen LogP contribution in [0.15, 0.2) is 0 Å². The van der Waals surface area contributed by atoms with Crippen LogP contribution in [0.1, 0.15) is 76.4 Å². The van der Waals surface area contributed by atoms with Crippen LogP contribution in [-0.4, -0.2) is 11.0 Å². The van der Waals surface area contributed by atoms with Crippen molar-refractivity contribution in [1.82, 2.24) is 10.3 Å². The molecule has 1 N–H and O–H groups in total. The number of aromatic nitrogens is 1. The van der Waals surface area contributed by atoms with Crippen LogP contribution < -0.4 is 5.32 Å². The van der Waals surface area contributed by atoms with Gasteiger partial charge in [-0.3, -0.25) is 0 Å². The molecule has 1 aromatic heterocycles. The van der Waals surface area contributed by atoms with Gasteiger partial charge in [-0.1, -0.05) is 34.1 Å². The Bertz CT molecular complexity index is 411. The molecule has 3 heteroatoms. The molecule has 116 valence electrons. The third kappa shape index (κ3) is 4.05. The minimum absolute atomic E-state index is 0.0481. The van der Waals surface area contributed by atoms with Crippen LogP contribution in [0, 0.1) is 12.8 Å². The van der Waals surface area contributed by atoms with E-state index in [0.29, 0.717) is 6.04 Å². The van der Waals surface area contributed by atoms with E-state index in [9.17, 15) is 0 Å². The van der Waals surface area contributed by atoms with Crippen molar-refractivity contribution < 1.29 is 0 Å². The summed E-state index contributed by atoms with van der Waals surface area (Å²) in [6, 6.07) is 0.480. The molecular formula is C17H32N2S. The summed E-state index contributed by atoms with van der Waals surface area (Å²) >= 11 is 1.89. The first-order chi connectivity index (χ1) is 9.38. The minimum Gasteiger partial charge on any atom is -0.303 e. The van der Waals surface area contributed by atoms with Crippen LogP contribution in [0.3, 0.4) is 0 Å². The molecule has 2 nitrogen and oxygen atoms in total. The topological polar surface area (TPSA) is 24.9 Å². The molecule has 2 atom stereocenters. The fraction of sp³-hybridized carbons (Fsp3) is 0.824. The van der Waals surface area contributed by atoms with Crippen molar-refractivity contribution in [2.75, 3.05) is 0 Å². The highest BCUT2D eigenvalue weighted by atomic mass is 32.1. The highest BCUT2D eigenvalue weighted by molar-refractivity contribution is 7.11. The molecule has 0 bridgehead atoms. The Morgan fingerprint density at radius 1 is 1.20 bits per heavy atom. The number of nitrogens with one attached hydrogen (secondary N) is 1. The molecule has 2 unspecified atom stereocenters. The zero-order valence-corrected chi connectivity index (χ0v) is 15.2. The lowest BCUT2D eigenvalue weighted by Gasteiger charge is -2.36. The smallest absolute Gasteiger partial charge is 0.113 e. The van der Waals surface area contributed by atoms with Crippen LogP contribution in [0.5, 0.6) is 0 Å². The Morgan fingerprint density at radius 3 is 2.25 bits per heavy atom. The molecule has 0 aromatic carbocycles. The summed E-state index contributed by atoms with van der Waals surface area (Å²) in [4.78, 5) is 6.35. The number of nitrogens with zero attached hydrogens (tertiary/aromatic N) is 1. The molecule has 1 rings (SSSR count). The standard InChI is InChI=1S/C17H32N2S/c1-8-13(6)11-17(10-3,19-12(4)5)16-18-15(9-2)14(7)20-16/h12-13,19H,8-11H2,1-7H3. The zero-order chi connectivity index (χ0) is 15.3. The molecule has 0 aliphatic heterocycles. The third-order valence-corrected chi connectivity index (χ3v) is 5.42. The van der Waals surface area contributed by atoms with Crippen molar-refractivity contribution in [3.8, 4) is 0 Å². The quantitative estimate of drug-likeness (QED) is 0.726. The molecular weight excluding hydrogens is 264 g/mol. The van der Waals surface area contributed by atoms with Gasteiger partial charge in [0, 0.05) is 10.9 Å². The van der Waals surface area contributed by atoms with Crippen LogP contribution >= 0.6 is 11.3 Å². The Hall–Kier alpha value is -0.410. The van der Waals surface area contributed by atoms with Crippen LogP contribution in [0.4, 0.5) is 0 Å². The Balaban J connectivity index is 3.18. The van der Waals surface area contributed by atoms with E-state index in [0.717, 1.165) is 18.8 Å². The van der Waals surface area contributed by atoms with Crippen molar-refractivity contribution in [1.29, 1.82) is 0 Å². The van der Waals surface area contributed by atoms with Gasteiger partial charge in [-0.05, 0) is 46.0 Å². The predicted molar refractivity (Wildman–Crippen MR) is 90.5 cm³/mol. The molecule has 0 fully saturated rings. The van der Waals surface area contributed by atoms with Gasteiger partial charge in [-0.25, -0.2) is 4.98 Å². The van der Waals surface area contributed by atoms with Crippen LogP contribution in [0.2, 0.25) is 0 Å². The molecule has 20 heavy (non-hydrogen) atoms. The molecule has 0 aliphatic rings. The molecule has 1 aromatic rings. The van der Waals surface area contributed by atoms with Crippen LogP contribution in [0.25, 0.3) is 0 Å². The van der Waals surface area contributed by atoms with Gasteiger partial charge in [0.15, 0.2) is 0 Å². The summed E-state index contributed by atoms with van der Waals surface area (Å²) in [6.07, 6.45) is 4.54. The third-order valence-electron chi connectivity index (χ3n) is 4.20. The first kappa shape index (κ1) is 17.6. The summed E-state index contributed by atoms with van der Waals surface area (Å²) < 4.78 is 0. The van der Waals surface area contributed by atoms with Gasteiger partial charge >= 0.3 is 0 Å². The van der Waals surface area contributed by atoms with Crippen molar-refractivity contribution in [3.05, 3.63) is 15.6 Å². The monoisotopic (exact) mass is 296 g/mol.